The normalized spacial score (nSPS) is 27.6. The molecule has 2 atom stereocenters. The average Bonchev–Trinajstić information content (AvgIpc) is 3.16. The van der Waals surface area contributed by atoms with E-state index in [1.165, 1.54) is 19.3 Å². The summed E-state index contributed by atoms with van der Waals surface area (Å²) in [6, 6.07) is 8.55. The summed E-state index contributed by atoms with van der Waals surface area (Å²) in [7, 11) is 1.67. The number of hydrazone groups is 1. The van der Waals surface area contributed by atoms with Crippen LogP contribution in [0.25, 0.3) is 0 Å². The second-order valence-corrected chi connectivity index (χ2v) is 6.73. The summed E-state index contributed by atoms with van der Waals surface area (Å²) in [6.07, 6.45) is 6.08. The van der Waals surface area contributed by atoms with Gasteiger partial charge in [-0.25, -0.2) is 0 Å². The van der Waals surface area contributed by atoms with Gasteiger partial charge in [0.05, 0.1) is 19.1 Å². The number of nitrogens with one attached hydrogen (secondary N) is 1. The predicted octanol–water partition coefficient (Wildman–Crippen LogP) is 2.49. The van der Waals surface area contributed by atoms with Crippen LogP contribution < -0.4 is 10.2 Å². The van der Waals surface area contributed by atoms with Crippen molar-refractivity contribution in [2.75, 3.05) is 13.7 Å². The Morgan fingerprint density at radius 3 is 2.61 bits per heavy atom. The van der Waals surface area contributed by atoms with Gasteiger partial charge in [0.1, 0.15) is 11.5 Å². The number of carbonyl (C=O) groups excluding carboxylic acids is 1. The van der Waals surface area contributed by atoms with E-state index >= 15 is 0 Å². The number of fused-ring (bicyclic) bond motifs is 1. The highest BCUT2D eigenvalue weighted by Gasteiger charge is 2.47. The first kappa shape index (κ1) is 14.5. The van der Waals surface area contributed by atoms with Gasteiger partial charge in [-0.2, -0.15) is 5.10 Å². The van der Waals surface area contributed by atoms with E-state index in [2.05, 4.69) is 27.6 Å². The Hall–Kier alpha value is -2.04. The third-order valence-corrected chi connectivity index (χ3v) is 5.44. The fourth-order valence-corrected chi connectivity index (χ4v) is 4.14. The Morgan fingerprint density at radius 1 is 1.17 bits per heavy atom. The molecule has 4 rings (SSSR count). The SMILES string of the molecule is COc1ccc([C@H]2NN=C3C(=O)N(C4CCCCC4)C[C@@H]32)cc1. The van der Waals surface area contributed by atoms with Crippen LogP contribution in [0.2, 0.25) is 0 Å². The Bertz CT molecular complexity index is 620. The number of likely N-dealkylation sites (tertiary alicyclic amines) is 1. The Balaban J connectivity index is 1.52. The minimum absolute atomic E-state index is 0.0912. The molecule has 5 nitrogen and oxygen atoms in total. The Labute approximate surface area is 136 Å². The highest BCUT2D eigenvalue weighted by molar-refractivity contribution is 6.42. The van der Waals surface area contributed by atoms with Crippen molar-refractivity contribution in [1.29, 1.82) is 0 Å². The van der Waals surface area contributed by atoms with E-state index in [0.29, 0.717) is 6.04 Å². The van der Waals surface area contributed by atoms with Gasteiger partial charge in [0.25, 0.3) is 5.91 Å². The van der Waals surface area contributed by atoms with Gasteiger partial charge >= 0.3 is 0 Å². The van der Waals surface area contributed by atoms with Crippen molar-refractivity contribution in [2.24, 2.45) is 11.0 Å². The number of ether oxygens (including phenoxy) is 1. The van der Waals surface area contributed by atoms with Crippen molar-refractivity contribution in [3.8, 4) is 5.75 Å². The molecule has 1 aromatic rings. The van der Waals surface area contributed by atoms with E-state index in [9.17, 15) is 4.79 Å². The molecule has 0 aromatic heterocycles. The molecule has 1 aliphatic carbocycles. The first-order valence-electron chi connectivity index (χ1n) is 8.56. The largest absolute Gasteiger partial charge is 0.497 e. The second kappa shape index (κ2) is 5.87. The molecule has 1 amide bonds. The van der Waals surface area contributed by atoms with Crippen molar-refractivity contribution in [3.05, 3.63) is 29.8 Å². The maximum Gasteiger partial charge on any atom is 0.270 e. The van der Waals surface area contributed by atoms with Gasteiger partial charge < -0.3 is 15.1 Å². The van der Waals surface area contributed by atoms with Gasteiger partial charge in [-0.05, 0) is 30.5 Å². The van der Waals surface area contributed by atoms with Crippen LogP contribution in [0.1, 0.15) is 43.7 Å². The monoisotopic (exact) mass is 313 g/mol. The smallest absolute Gasteiger partial charge is 0.270 e. The van der Waals surface area contributed by atoms with E-state index < -0.39 is 0 Å². The van der Waals surface area contributed by atoms with Crippen LogP contribution in [0.15, 0.2) is 29.4 Å². The summed E-state index contributed by atoms with van der Waals surface area (Å²) in [6.45, 7) is 0.798. The van der Waals surface area contributed by atoms with Crippen LogP contribution >= 0.6 is 0 Å². The predicted molar refractivity (Wildman–Crippen MR) is 88.4 cm³/mol. The standard InChI is InChI=1S/C18H23N3O2/c1-23-14-9-7-12(8-10-14)16-15-11-21(13-5-3-2-4-6-13)18(22)17(15)20-19-16/h7-10,13,15-16,19H,2-6,11H2,1H3/t15-,16-/m1/s1. The molecule has 1 saturated carbocycles. The molecule has 0 radical (unpaired) electrons. The number of rotatable bonds is 3. The Morgan fingerprint density at radius 2 is 1.91 bits per heavy atom. The number of carbonyl (C=O) groups is 1. The van der Waals surface area contributed by atoms with Crippen LogP contribution in [-0.4, -0.2) is 36.2 Å². The minimum atomic E-state index is 0.0912. The highest BCUT2D eigenvalue weighted by atomic mass is 16.5. The van der Waals surface area contributed by atoms with Crippen LogP contribution in [0.5, 0.6) is 5.75 Å². The van der Waals surface area contributed by atoms with Crippen molar-refractivity contribution in [3.63, 3.8) is 0 Å². The summed E-state index contributed by atoms with van der Waals surface area (Å²) < 4.78 is 5.22. The number of hydrogen-bond donors (Lipinski definition) is 1. The molecule has 2 heterocycles. The summed E-state index contributed by atoms with van der Waals surface area (Å²) in [5, 5.41) is 4.37. The summed E-state index contributed by atoms with van der Waals surface area (Å²) in [5.41, 5.74) is 5.04. The molecule has 0 unspecified atom stereocenters. The third-order valence-electron chi connectivity index (χ3n) is 5.44. The van der Waals surface area contributed by atoms with Crippen LogP contribution in [0, 0.1) is 5.92 Å². The number of nitrogens with zero attached hydrogens (tertiary/aromatic N) is 2. The van der Waals surface area contributed by atoms with Crippen LogP contribution in [0.4, 0.5) is 0 Å². The molecular formula is C18H23N3O2. The summed E-state index contributed by atoms with van der Waals surface area (Å²) in [4.78, 5) is 14.8. The lowest BCUT2D eigenvalue weighted by atomic mass is 9.92. The number of methoxy groups -OCH3 is 1. The van der Waals surface area contributed by atoms with Crippen molar-refractivity contribution >= 4 is 11.6 Å². The number of amides is 1. The highest BCUT2D eigenvalue weighted by Crippen LogP contribution is 2.36. The molecule has 5 heteroatoms. The summed E-state index contributed by atoms with van der Waals surface area (Å²) in [5.74, 6) is 1.16. The third kappa shape index (κ3) is 2.48. The quantitative estimate of drug-likeness (QED) is 0.933. The molecule has 1 N–H and O–H groups in total. The number of benzene rings is 1. The zero-order valence-corrected chi connectivity index (χ0v) is 13.5. The molecule has 122 valence electrons. The van der Waals surface area contributed by atoms with E-state index in [-0.39, 0.29) is 17.9 Å². The Kier molecular flexibility index (Phi) is 3.71. The topological polar surface area (TPSA) is 53.9 Å². The molecule has 3 aliphatic rings. The van der Waals surface area contributed by atoms with Crippen molar-refractivity contribution in [2.45, 2.75) is 44.2 Å². The zero-order valence-electron chi connectivity index (χ0n) is 13.5. The minimum Gasteiger partial charge on any atom is -0.497 e. The molecule has 1 saturated heterocycles. The van der Waals surface area contributed by atoms with Crippen LogP contribution in [0.3, 0.4) is 0 Å². The van der Waals surface area contributed by atoms with Crippen LogP contribution in [-0.2, 0) is 4.79 Å². The lowest BCUT2D eigenvalue weighted by Gasteiger charge is -2.31. The van der Waals surface area contributed by atoms with E-state index in [1.807, 2.05) is 12.1 Å². The molecule has 23 heavy (non-hydrogen) atoms. The molecule has 0 spiro atoms. The number of hydrogen-bond acceptors (Lipinski definition) is 4. The molecule has 2 aliphatic heterocycles. The lowest BCUT2D eigenvalue weighted by Crippen LogP contribution is -2.39. The average molecular weight is 313 g/mol. The van der Waals surface area contributed by atoms with Gasteiger partial charge in [0.2, 0.25) is 0 Å². The lowest BCUT2D eigenvalue weighted by molar-refractivity contribution is -0.125. The molecule has 2 fully saturated rings. The first-order chi connectivity index (χ1) is 11.3. The maximum absolute atomic E-state index is 12.7. The zero-order chi connectivity index (χ0) is 15.8. The fraction of sp³-hybridized carbons (Fsp3) is 0.556. The molecular weight excluding hydrogens is 290 g/mol. The van der Waals surface area contributed by atoms with Gasteiger partial charge in [-0.1, -0.05) is 31.4 Å². The van der Waals surface area contributed by atoms with Crippen molar-refractivity contribution < 1.29 is 9.53 Å². The van der Waals surface area contributed by atoms with E-state index in [0.717, 1.165) is 36.4 Å². The summed E-state index contributed by atoms with van der Waals surface area (Å²) >= 11 is 0. The van der Waals surface area contributed by atoms with Gasteiger partial charge in [-0.3, -0.25) is 4.79 Å². The van der Waals surface area contributed by atoms with E-state index in [1.54, 1.807) is 7.11 Å². The van der Waals surface area contributed by atoms with Gasteiger partial charge in [-0.15, -0.1) is 0 Å². The molecule has 0 bridgehead atoms. The fourth-order valence-electron chi connectivity index (χ4n) is 4.14. The maximum atomic E-state index is 12.7. The van der Waals surface area contributed by atoms with Gasteiger partial charge in [0.15, 0.2) is 0 Å². The van der Waals surface area contributed by atoms with E-state index in [4.69, 9.17) is 4.74 Å². The first-order valence-corrected chi connectivity index (χ1v) is 8.56. The second-order valence-electron chi connectivity index (χ2n) is 6.73. The van der Waals surface area contributed by atoms with Gasteiger partial charge in [0, 0.05) is 12.6 Å². The molecule has 1 aromatic carbocycles. The van der Waals surface area contributed by atoms with Crippen molar-refractivity contribution in [1.82, 2.24) is 10.3 Å².